The smallest absolute Gasteiger partial charge is 0.335 e. The minimum absolute atomic E-state index is 0.463. The summed E-state index contributed by atoms with van der Waals surface area (Å²) in [6.07, 6.45) is 1.14. The Hall–Kier alpha value is -3.69. The maximum absolute atomic E-state index is 12.0. The highest BCUT2D eigenvalue weighted by molar-refractivity contribution is 5.89. The van der Waals surface area contributed by atoms with E-state index in [0.29, 0.717) is 5.75 Å². The first kappa shape index (κ1) is 17.4. The summed E-state index contributed by atoms with van der Waals surface area (Å²) in [5.74, 6) is -0.0279. The quantitative estimate of drug-likeness (QED) is 0.303. The third-order valence-electron chi connectivity index (χ3n) is 5.54. The molecular formula is C26H18O3. The number of benzene rings is 4. The van der Waals surface area contributed by atoms with Gasteiger partial charge in [-0.2, -0.15) is 0 Å². The predicted molar refractivity (Wildman–Crippen MR) is 114 cm³/mol. The van der Waals surface area contributed by atoms with Gasteiger partial charge in [-0.1, -0.05) is 73.3 Å². The van der Waals surface area contributed by atoms with Gasteiger partial charge in [0.2, 0.25) is 0 Å². The van der Waals surface area contributed by atoms with E-state index in [1.807, 2.05) is 72.8 Å². The van der Waals surface area contributed by atoms with E-state index in [4.69, 9.17) is 4.74 Å². The van der Waals surface area contributed by atoms with Crippen LogP contribution in [0.5, 0.6) is 5.75 Å². The molecule has 0 aromatic heterocycles. The van der Waals surface area contributed by atoms with Crippen LogP contribution in [0.25, 0.3) is 21.9 Å². The Morgan fingerprint density at radius 3 is 2.07 bits per heavy atom. The van der Waals surface area contributed by atoms with Gasteiger partial charge in [-0.25, -0.2) is 4.79 Å². The zero-order valence-electron chi connectivity index (χ0n) is 15.6. The summed E-state index contributed by atoms with van der Waals surface area (Å²) in [7, 11) is 0. The van der Waals surface area contributed by atoms with Crippen LogP contribution in [0.3, 0.4) is 0 Å². The Labute approximate surface area is 168 Å². The third-order valence-corrected chi connectivity index (χ3v) is 5.54. The fraction of sp³-hybridized carbons (Fsp3) is 0.0385. The molecule has 3 heteroatoms. The zero-order chi connectivity index (χ0) is 20.0. The van der Waals surface area contributed by atoms with E-state index in [2.05, 4.69) is 6.58 Å². The highest BCUT2D eigenvalue weighted by atomic mass is 16.5. The van der Waals surface area contributed by atoms with Crippen molar-refractivity contribution in [2.75, 3.05) is 0 Å². The van der Waals surface area contributed by atoms with Gasteiger partial charge in [0.1, 0.15) is 11.4 Å². The molecule has 1 aliphatic carbocycles. The summed E-state index contributed by atoms with van der Waals surface area (Å²) in [4.78, 5) is 11.4. The molecule has 0 bridgehead atoms. The van der Waals surface area contributed by atoms with Gasteiger partial charge in [-0.05, 0) is 45.7 Å². The number of fused-ring (bicyclic) bond motifs is 4. The van der Waals surface area contributed by atoms with E-state index in [0.717, 1.165) is 44.7 Å². The van der Waals surface area contributed by atoms with E-state index in [-0.39, 0.29) is 0 Å². The lowest BCUT2D eigenvalue weighted by atomic mass is 9.83. The fourth-order valence-electron chi connectivity index (χ4n) is 4.19. The van der Waals surface area contributed by atoms with Crippen molar-refractivity contribution in [2.24, 2.45) is 0 Å². The van der Waals surface area contributed by atoms with Gasteiger partial charge in [0, 0.05) is 17.2 Å². The van der Waals surface area contributed by atoms with E-state index in [1.165, 1.54) is 0 Å². The molecule has 5 rings (SSSR count). The number of hydrogen-bond acceptors (Lipinski definition) is 3. The van der Waals surface area contributed by atoms with Crippen molar-refractivity contribution in [3.05, 3.63) is 114 Å². The monoisotopic (exact) mass is 378 g/mol. The van der Waals surface area contributed by atoms with Crippen LogP contribution in [0, 0.1) is 0 Å². The van der Waals surface area contributed by atoms with Gasteiger partial charge in [0.15, 0.2) is 0 Å². The first-order chi connectivity index (χ1) is 14.1. The number of ether oxygens (including phenoxy) is 1. The van der Waals surface area contributed by atoms with Crippen LogP contribution in [-0.4, -0.2) is 11.1 Å². The lowest BCUT2D eigenvalue weighted by Crippen LogP contribution is -2.26. The predicted octanol–water partition coefficient (Wildman–Crippen LogP) is 5.20. The Balaban J connectivity index is 1.66. The summed E-state index contributed by atoms with van der Waals surface area (Å²) in [6.45, 7) is 3.42. The van der Waals surface area contributed by atoms with Crippen LogP contribution in [-0.2, 0) is 10.4 Å². The number of hydrogen-bond donors (Lipinski definition) is 1. The van der Waals surface area contributed by atoms with Crippen molar-refractivity contribution in [1.29, 1.82) is 0 Å². The maximum atomic E-state index is 12.0. The third kappa shape index (κ3) is 2.59. The van der Waals surface area contributed by atoms with Gasteiger partial charge in [0.05, 0.1) is 0 Å². The van der Waals surface area contributed by atoms with E-state index in [9.17, 15) is 9.90 Å². The first-order valence-corrected chi connectivity index (χ1v) is 9.41. The molecule has 0 atom stereocenters. The number of carbonyl (C=O) groups is 1. The van der Waals surface area contributed by atoms with Gasteiger partial charge < -0.3 is 9.84 Å². The van der Waals surface area contributed by atoms with Crippen LogP contribution in [0.4, 0.5) is 0 Å². The molecule has 0 saturated heterocycles. The second-order valence-corrected chi connectivity index (χ2v) is 7.15. The van der Waals surface area contributed by atoms with Gasteiger partial charge in [-0.15, -0.1) is 0 Å². The topological polar surface area (TPSA) is 46.5 Å². The molecule has 0 amide bonds. The molecule has 0 saturated carbocycles. The van der Waals surface area contributed by atoms with Crippen molar-refractivity contribution < 1.29 is 14.6 Å². The Morgan fingerprint density at radius 2 is 1.41 bits per heavy atom. The highest BCUT2D eigenvalue weighted by Crippen LogP contribution is 2.50. The van der Waals surface area contributed by atoms with Gasteiger partial charge in [0.25, 0.3) is 0 Å². The largest absolute Gasteiger partial charge is 0.423 e. The Bertz CT molecular complexity index is 1240. The Morgan fingerprint density at radius 1 is 0.828 bits per heavy atom. The van der Waals surface area contributed by atoms with Crippen LogP contribution in [0.1, 0.15) is 16.7 Å². The number of rotatable bonds is 3. The van der Waals surface area contributed by atoms with Crippen LogP contribution in [0.2, 0.25) is 0 Å². The van der Waals surface area contributed by atoms with Crippen LogP contribution >= 0.6 is 0 Å². The average molecular weight is 378 g/mol. The van der Waals surface area contributed by atoms with E-state index < -0.39 is 11.6 Å². The molecule has 140 valence electrons. The molecular weight excluding hydrogens is 360 g/mol. The molecule has 0 aliphatic heterocycles. The summed E-state index contributed by atoms with van der Waals surface area (Å²) >= 11 is 0. The zero-order valence-corrected chi connectivity index (χ0v) is 15.6. The number of aliphatic hydroxyl groups is 1. The van der Waals surface area contributed by atoms with Gasteiger partial charge in [-0.3, -0.25) is 0 Å². The molecule has 0 fully saturated rings. The molecule has 4 aromatic rings. The minimum atomic E-state index is -1.21. The molecule has 0 unspecified atom stereocenters. The molecule has 4 aromatic carbocycles. The van der Waals surface area contributed by atoms with E-state index >= 15 is 0 Å². The van der Waals surface area contributed by atoms with E-state index in [1.54, 1.807) is 12.1 Å². The van der Waals surface area contributed by atoms with Gasteiger partial charge >= 0.3 is 5.97 Å². The molecule has 1 aliphatic rings. The second-order valence-electron chi connectivity index (χ2n) is 7.15. The Kier molecular flexibility index (Phi) is 3.86. The molecule has 1 N–H and O–H groups in total. The summed E-state index contributed by atoms with van der Waals surface area (Å²) in [5, 5.41) is 13.8. The number of carbonyl (C=O) groups excluding carboxylic acids is 1. The fourth-order valence-corrected chi connectivity index (χ4v) is 4.19. The van der Waals surface area contributed by atoms with Crippen LogP contribution in [0.15, 0.2) is 97.6 Å². The van der Waals surface area contributed by atoms with Crippen molar-refractivity contribution >= 4 is 16.7 Å². The average Bonchev–Trinajstić information content (AvgIpc) is 3.03. The summed E-state index contributed by atoms with van der Waals surface area (Å²) in [5.41, 5.74) is 3.47. The lowest BCUT2D eigenvalue weighted by Gasteiger charge is -2.27. The van der Waals surface area contributed by atoms with Crippen molar-refractivity contribution in [3.63, 3.8) is 0 Å². The molecule has 3 nitrogen and oxygen atoms in total. The lowest BCUT2D eigenvalue weighted by molar-refractivity contribution is -0.128. The maximum Gasteiger partial charge on any atom is 0.335 e. The molecule has 29 heavy (non-hydrogen) atoms. The molecule has 0 spiro atoms. The second kappa shape index (κ2) is 6.43. The standard InChI is InChI=1S/C26H18O3/c1-2-25(27)29-20-14-12-17-15-19(13-11-18(17)16-20)26(28)23-9-5-3-7-21(23)22-8-4-6-10-24(22)26/h2-16,28H,1H2. The van der Waals surface area contributed by atoms with Crippen molar-refractivity contribution in [2.45, 2.75) is 5.60 Å². The normalized spacial score (nSPS) is 13.6. The van der Waals surface area contributed by atoms with Crippen molar-refractivity contribution in [3.8, 4) is 16.9 Å². The minimum Gasteiger partial charge on any atom is -0.423 e. The summed E-state index contributed by atoms with van der Waals surface area (Å²) < 4.78 is 5.21. The highest BCUT2D eigenvalue weighted by Gasteiger charge is 2.42. The SMILES string of the molecule is C=CC(=O)Oc1ccc2cc(C3(O)c4ccccc4-c4ccccc43)ccc2c1. The first-order valence-electron chi connectivity index (χ1n) is 9.41. The van der Waals surface area contributed by atoms with Crippen LogP contribution < -0.4 is 4.74 Å². The molecule has 0 radical (unpaired) electrons. The number of esters is 1. The summed E-state index contributed by atoms with van der Waals surface area (Å²) in [6, 6.07) is 27.3. The van der Waals surface area contributed by atoms with Crippen molar-refractivity contribution in [1.82, 2.24) is 0 Å². The molecule has 0 heterocycles.